The minimum absolute atomic E-state index is 0.117. The highest BCUT2D eigenvalue weighted by Gasteiger charge is 2.17. The third-order valence-electron chi connectivity index (χ3n) is 4.40. The van der Waals surface area contributed by atoms with E-state index in [9.17, 15) is 4.79 Å². The van der Waals surface area contributed by atoms with Crippen LogP contribution in [0.4, 0.5) is 5.69 Å². The zero-order chi connectivity index (χ0) is 20.5. The third kappa shape index (κ3) is 3.84. The Hall–Kier alpha value is -3.25. The van der Waals surface area contributed by atoms with Crippen molar-refractivity contribution in [1.29, 1.82) is 0 Å². The minimum atomic E-state index is -0.197. The SMILES string of the molecule is Cc1cc(-c2nc3c(=O)c(NC(C)C)c[nH]c3nc2-c2ccccc2)cc(Cl)n1. The number of aryl methyl sites for hydroxylation is 1. The van der Waals surface area contributed by atoms with Gasteiger partial charge in [0.25, 0.3) is 0 Å². The number of anilines is 1. The van der Waals surface area contributed by atoms with E-state index in [1.807, 2.05) is 57.2 Å². The van der Waals surface area contributed by atoms with Gasteiger partial charge in [0.2, 0.25) is 5.43 Å². The van der Waals surface area contributed by atoms with Gasteiger partial charge in [-0.25, -0.2) is 15.0 Å². The first-order chi connectivity index (χ1) is 13.9. The average Bonchev–Trinajstić information content (AvgIpc) is 2.69. The van der Waals surface area contributed by atoms with E-state index in [0.29, 0.717) is 27.9 Å². The fourth-order valence-electron chi connectivity index (χ4n) is 3.21. The number of hydrogen-bond acceptors (Lipinski definition) is 5. The van der Waals surface area contributed by atoms with E-state index >= 15 is 0 Å². The number of nitrogens with one attached hydrogen (secondary N) is 2. The Morgan fingerprint density at radius 2 is 1.72 bits per heavy atom. The van der Waals surface area contributed by atoms with Crippen LogP contribution in [0, 0.1) is 6.92 Å². The number of halogens is 1. The van der Waals surface area contributed by atoms with E-state index in [0.717, 1.165) is 16.8 Å². The van der Waals surface area contributed by atoms with Crippen LogP contribution in [0.3, 0.4) is 0 Å². The van der Waals surface area contributed by atoms with E-state index in [1.54, 1.807) is 12.3 Å². The number of benzene rings is 1. The van der Waals surface area contributed by atoms with E-state index in [2.05, 4.69) is 15.3 Å². The van der Waals surface area contributed by atoms with E-state index in [-0.39, 0.29) is 17.0 Å². The van der Waals surface area contributed by atoms with Gasteiger partial charge in [-0.3, -0.25) is 4.79 Å². The van der Waals surface area contributed by atoms with Crippen molar-refractivity contribution >= 4 is 28.5 Å². The molecule has 0 aliphatic carbocycles. The lowest BCUT2D eigenvalue weighted by Crippen LogP contribution is -2.19. The summed E-state index contributed by atoms with van der Waals surface area (Å²) in [6.45, 7) is 5.81. The standard InChI is InChI=1S/C22H20ClN5O/c1-12(2)25-16-11-24-22-20(21(16)29)27-19(15-9-13(3)26-17(23)10-15)18(28-22)14-7-5-4-6-8-14/h4-12,25H,1-3H3,(H,24,28,29). The molecule has 0 saturated heterocycles. The predicted molar refractivity (Wildman–Crippen MR) is 117 cm³/mol. The minimum Gasteiger partial charge on any atom is -0.378 e. The van der Waals surface area contributed by atoms with Crippen molar-refractivity contribution in [3.63, 3.8) is 0 Å². The first kappa shape index (κ1) is 19.1. The lowest BCUT2D eigenvalue weighted by molar-refractivity contribution is 0.896. The van der Waals surface area contributed by atoms with Gasteiger partial charge >= 0.3 is 0 Å². The molecule has 1 aromatic carbocycles. The second kappa shape index (κ2) is 7.64. The van der Waals surface area contributed by atoms with Gasteiger partial charge in [0.05, 0.1) is 11.4 Å². The molecule has 0 aliphatic heterocycles. The molecule has 6 nitrogen and oxygen atoms in total. The van der Waals surface area contributed by atoms with Gasteiger partial charge in [0.15, 0.2) is 11.2 Å². The summed E-state index contributed by atoms with van der Waals surface area (Å²) in [6.07, 6.45) is 1.64. The van der Waals surface area contributed by atoms with Crippen molar-refractivity contribution < 1.29 is 0 Å². The fraction of sp³-hybridized carbons (Fsp3) is 0.182. The van der Waals surface area contributed by atoms with Crippen LogP contribution in [-0.2, 0) is 0 Å². The van der Waals surface area contributed by atoms with Gasteiger partial charge in [0, 0.05) is 29.1 Å². The highest BCUT2D eigenvalue weighted by Crippen LogP contribution is 2.31. The summed E-state index contributed by atoms with van der Waals surface area (Å²) in [5, 5.41) is 3.51. The topological polar surface area (TPSA) is 83.6 Å². The molecule has 0 atom stereocenters. The molecule has 0 fully saturated rings. The Labute approximate surface area is 173 Å². The molecule has 7 heteroatoms. The normalized spacial score (nSPS) is 11.2. The number of fused-ring (bicyclic) bond motifs is 1. The number of aromatic amines is 1. The van der Waals surface area contributed by atoms with Crippen LogP contribution >= 0.6 is 11.6 Å². The maximum atomic E-state index is 13.0. The highest BCUT2D eigenvalue weighted by atomic mass is 35.5. The lowest BCUT2D eigenvalue weighted by Gasteiger charge is -2.13. The number of H-pyrrole nitrogens is 1. The van der Waals surface area contributed by atoms with Gasteiger partial charge in [-0.2, -0.15) is 0 Å². The number of rotatable bonds is 4. The van der Waals surface area contributed by atoms with Gasteiger partial charge in [-0.15, -0.1) is 0 Å². The Kier molecular flexibility index (Phi) is 5.03. The lowest BCUT2D eigenvalue weighted by atomic mass is 10.0. The monoisotopic (exact) mass is 405 g/mol. The first-order valence-corrected chi connectivity index (χ1v) is 9.70. The molecule has 0 amide bonds. The van der Waals surface area contributed by atoms with Gasteiger partial charge in [0.1, 0.15) is 10.8 Å². The second-order valence-electron chi connectivity index (χ2n) is 7.13. The molecule has 3 aromatic heterocycles. The van der Waals surface area contributed by atoms with E-state index in [4.69, 9.17) is 21.6 Å². The van der Waals surface area contributed by atoms with Crippen molar-refractivity contribution in [2.24, 2.45) is 0 Å². The molecule has 0 unspecified atom stereocenters. The molecule has 2 N–H and O–H groups in total. The number of nitrogens with zero attached hydrogens (tertiary/aromatic N) is 3. The summed E-state index contributed by atoms with van der Waals surface area (Å²) in [6, 6.07) is 13.5. The highest BCUT2D eigenvalue weighted by molar-refractivity contribution is 6.29. The zero-order valence-corrected chi connectivity index (χ0v) is 17.1. The van der Waals surface area contributed by atoms with Gasteiger partial charge < -0.3 is 10.3 Å². The summed E-state index contributed by atoms with van der Waals surface area (Å²) >= 11 is 6.19. The largest absolute Gasteiger partial charge is 0.378 e. The van der Waals surface area contributed by atoms with Gasteiger partial charge in [-0.1, -0.05) is 41.9 Å². The second-order valence-corrected chi connectivity index (χ2v) is 7.52. The summed E-state index contributed by atoms with van der Waals surface area (Å²) in [4.78, 5) is 29.8. The van der Waals surface area contributed by atoms with Crippen molar-refractivity contribution in [3.05, 3.63) is 69.7 Å². The maximum absolute atomic E-state index is 13.0. The summed E-state index contributed by atoms with van der Waals surface area (Å²) in [7, 11) is 0. The number of aromatic nitrogens is 4. The zero-order valence-electron chi connectivity index (χ0n) is 16.3. The smallest absolute Gasteiger partial charge is 0.232 e. The summed E-state index contributed by atoms with van der Waals surface area (Å²) in [5.41, 5.74) is 4.65. The molecule has 0 saturated carbocycles. The Morgan fingerprint density at radius 3 is 2.41 bits per heavy atom. The van der Waals surface area contributed by atoms with Crippen molar-refractivity contribution in [3.8, 4) is 22.5 Å². The molecule has 0 aliphatic rings. The average molecular weight is 406 g/mol. The van der Waals surface area contributed by atoms with Crippen LogP contribution in [0.5, 0.6) is 0 Å². The van der Waals surface area contributed by atoms with Crippen LogP contribution in [0.1, 0.15) is 19.5 Å². The summed E-state index contributed by atoms with van der Waals surface area (Å²) < 4.78 is 0. The Bertz CT molecular complexity index is 1230. The molecule has 0 bridgehead atoms. The van der Waals surface area contributed by atoms with E-state index < -0.39 is 0 Å². The Morgan fingerprint density at radius 1 is 1.00 bits per heavy atom. The number of pyridine rings is 2. The molecule has 3 heterocycles. The van der Waals surface area contributed by atoms with Crippen molar-refractivity contribution in [2.45, 2.75) is 26.8 Å². The van der Waals surface area contributed by atoms with Crippen molar-refractivity contribution in [1.82, 2.24) is 19.9 Å². The van der Waals surface area contributed by atoms with Crippen LogP contribution in [0.25, 0.3) is 33.7 Å². The predicted octanol–water partition coefficient (Wildman–Crippen LogP) is 4.83. The van der Waals surface area contributed by atoms with Crippen LogP contribution in [0.2, 0.25) is 5.15 Å². The van der Waals surface area contributed by atoms with Gasteiger partial charge in [-0.05, 0) is 32.9 Å². The Balaban J connectivity index is 2.04. The van der Waals surface area contributed by atoms with Crippen LogP contribution in [-0.4, -0.2) is 26.0 Å². The third-order valence-corrected chi connectivity index (χ3v) is 4.59. The molecule has 4 rings (SSSR count). The van der Waals surface area contributed by atoms with E-state index in [1.165, 1.54) is 0 Å². The molecule has 146 valence electrons. The van der Waals surface area contributed by atoms with Crippen LogP contribution in [0.15, 0.2) is 53.5 Å². The molecular weight excluding hydrogens is 386 g/mol. The molecular formula is C22H20ClN5O. The molecule has 29 heavy (non-hydrogen) atoms. The quantitative estimate of drug-likeness (QED) is 0.475. The first-order valence-electron chi connectivity index (χ1n) is 9.32. The van der Waals surface area contributed by atoms with Crippen LogP contribution < -0.4 is 10.7 Å². The van der Waals surface area contributed by atoms with Crippen molar-refractivity contribution in [2.75, 3.05) is 5.32 Å². The molecule has 0 radical (unpaired) electrons. The molecule has 4 aromatic rings. The maximum Gasteiger partial charge on any atom is 0.232 e. The fourth-order valence-corrected chi connectivity index (χ4v) is 3.46. The molecule has 0 spiro atoms. The summed E-state index contributed by atoms with van der Waals surface area (Å²) in [5.74, 6) is 0. The number of hydrogen-bond donors (Lipinski definition) is 2.